The Labute approximate surface area is 415 Å². The third-order valence-corrected chi connectivity index (χ3v) is 12.4. The fraction of sp³-hybridized carbons (Fsp3) is 0.469. The van der Waals surface area contributed by atoms with E-state index in [0.717, 1.165) is 17.2 Å². The lowest BCUT2D eigenvalue weighted by atomic mass is 9.97. The molecule has 7 amide bonds. The number of rotatable bonds is 24. The van der Waals surface area contributed by atoms with E-state index in [1.165, 1.54) is 48.0 Å². The van der Waals surface area contributed by atoms with E-state index in [9.17, 15) is 58.5 Å². The molecule has 0 bridgehead atoms. The highest BCUT2D eigenvalue weighted by atomic mass is 16.4. The van der Waals surface area contributed by atoms with Crippen LogP contribution in [0.2, 0.25) is 0 Å². The van der Waals surface area contributed by atoms with E-state index >= 15 is 0 Å². The molecule has 5 rings (SSSR count). The van der Waals surface area contributed by atoms with Gasteiger partial charge in [-0.2, -0.15) is 0 Å². The first kappa shape index (κ1) is 55.1. The molecule has 0 unspecified atom stereocenters. The van der Waals surface area contributed by atoms with Gasteiger partial charge in [-0.05, 0) is 92.4 Å². The van der Waals surface area contributed by atoms with Gasteiger partial charge >= 0.3 is 11.9 Å². The molecule has 72 heavy (non-hydrogen) atoms. The molecular weight excluding hydrogens is 935 g/mol. The zero-order valence-corrected chi connectivity index (χ0v) is 40.3. The number of carbonyl (C=O) groups is 9. The van der Waals surface area contributed by atoms with Gasteiger partial charge in [-0.25, -0.2) is 0 Å². The highest BCUT2D eigenvalue weighted by Crippen LogP contribution is 2.22. The average Bonchev–Trinajstić information content (AvgIpc) is 3.89. The highest BCUT2D eigenvalue weighted by Gasteiger charge is 2.39. The van der Waals surface area contributed by atoms with E-state index in [1.54, 1.807) is 6.07 Å². The number of guanidine groups is 1. The first-order valence-corrected chi connectivity index (χ1v) is 23.8. The molecule has 7 atom stereocenters. The van der Waals surface area contributed by atoms with Gasteiger partial charge in [0, 0.05) is 33.0 Å². The van der Waals surface area contributed by atoms with Crippen molar-refractivity contribution in [3.8, 4) is 5.75 Å². The van der Waals surface area contributed by atoms with Crippen LogP contribution in [0.25, 0.3) is 10.8 Å². The quantitative estimate of drug-likeness (QED) is 0.0291. The fourth-order valence-corrected chi connectivity index (χ4v) is 8.59. The normalized spacial score (nSPS) is 17.4. The Kier molecular flexibility index (Phi) is 20.2. The molecule has 0 saturated carbocycles. The third-order valence-electron chi connectivity index (χ3n) is 12.4. The minimum atomic E-state index is -1.61. The van der Waals surface area contributed by atoms with Gasteiger partial charge in [0.2, 0.25) is 41.4 Å². The number of carbonyl (C=O) groups excluding carboxylic acids is 7. The first-order valence-electron chi connectivity index (χ1n) is 23.8. The standard InChI is InChI=1S/C49H65N11O12/c1-28(48(71)72)54-43(66)36(24-29-15-18-33(61)19-16-29)57-42(65)34(11-7-21-53-49(50)51)56-44(67)37(25-30-14-17-31-9-3-4-10-32(31)23-30)58-45(68)39-13-5-6-22-60(39)47(70)38(26-41(63)64)55-40(62)27-59(2)46(69)35-12-8-20-52-35/h3-4,9-10,14-19,23,28,34-39,52,61H,5-8,11-13,20-22,24-27H2,1-2H3,(H,54,66)(H,55,62)(H,56,67)(H,57,65)(H,58,68)(H,63,64)(H,71,72)(H4,50,51,53)/t28-,34+,35+,36+,37+,38-,39+/m1/s1. The number of benzene rings is 3. The van der Waals surface area contributed by atoms with Crippen LogP contribution in [0.3, 0.4) is 0 Å². The van der Waals surface area contributed by atoms with E-state index in [2.05, 4.69) is 36.9 Å². The van der Waals surface area contributed by atoms with E-state index in [-0.39, 0.29) is 62.8 Å². The van der Waals surface area contributed by atoms with E-state index in [4.69, 9.17) is 11.5 Å². The topological polar surface area (TPSA) is 357 Å². The summed E-state index contributed by atoms with van der Waals surface area (Å²) in [6, 6.07) is 9.83. The smallest absolute Gasteiger partial charge is 0.325 e. The summed E-state index contributed by atoms with van der Waals surface area (Å²) < 4.78 is 0. The van der Waals surface area contributed by atoms with Gasteiger partial charge in [0.25, 0.3) is 0 Å². The van der Waals surface area contributed by atoms with Crippen LogP contribution < -0.4 is 43.4 Å². The molecule has 2 aliphatic heterocycles. The Morgan fingerprint density at radius 1 is 0.764 bits per heavy atom. The monoisotopic (exact) mass is 999 g/mol. The number of fused-ring (bicyclic) bond motifs is 1. The number of aromatic hydroxyl groups is 1. The molecule has 0 spiro atoms. The number of amides is 7. The summed E-state index contributed by atoms with van der Waals surface area (Å²) >= 11 is 0. The summed E-state index contributed by atoms with van der Waals surface area (Å²) in [6.07, 6.45) is 1.35. The number of carboxylic acid groups (broad SMARTS) is 2. The van der Waals surface area contributed by atoms with Crippen molar-refractivity contribution in [1.82, 2.24) is 41.7 Å². The van der Waals surface area contributed by atoms with Crippen LogP contribution in [0, 0.1) is 0 Å². The molecule has 0 radical (unpaired) electrons. The van der Waals surface area contributed by atoms with Crippen molar-refractivity contribution in [2.24, 2.45) is 16.5 Å². The van der Waals surface area contributed by atoms with Gasteiger partial charge in [0.15, 0.2) is 5.96 Å². The van der Waals surface area contributed by atoms with E-state index in [0.29, 0.717) is 36.9 Å². The Hall–Kier alpha value is -7.82. The van der Waals surface area contributed by atoms with Crippen molar-refractivity contribution in [2.75, 3.05) is 33.2 Å². The Morgan fingerprint density at radius 2 is 1.40 bits per heavy atom. The molecule has 3 aromatic rings. The number of nitrogens with two attached hydrogens (primary N) is 2. The summed E-state index contributed by atoms with van der Waals surface area (Å²) in [6.45, 7) is 1.48. The summed E-state index contributed by atoms with van der Waals surface area (Å²) in [4.78, 5) is 127. The highest BCUT2D eigenvalue weighted by molar-refractivity contribution is 5.98. The average molecular weight is 1000 g/mol. The van der Waals surface area contributed by atoms with Gasteiger partial charge in [0.05, 0.1) is 19.0 Å². The minimum absolute atomic E-state index is 0.0123. The van der Waals surface area contributed by atoms with Crippen molar-refractivity contribution >= 4 is 70.0 Å². The fourth-order valence-electron chi connectivity index (χ4n) is 8.59. The number of hydrogen-bond acceptors (Lipinski definition) is 12. The second-order valence-corrected chi connectivity index (χ2v) is 18.1. The van der Waals surface area contributed by atoms with Crippen molar-refractivity contribution in [3.63, 3.8) is 0 Å². The number of carboxylic acids is 2. The van der Waals surface area contributed by atoms with Crippen LogP contribution in [0.15, 0.2) is 71.7 Å². The van der Waals surface area contributed by atoms with Crippen LogP contribution in [0.5, 0.6) is 5.75 Å². The van der Waals surface area contributed by atoms with E-state index in [1.807, 2.05) is 36.4 Å². The summed E-state index contributed by atoms with van der Waals surface area (Å²) in [5.74, 6) is -8.31. The van der Waals surface area contributed by atoms with Gasteiger partial charge < -0.3 is 68.5 Å². The largest absolute Gasteiger partial charge is 0.508 e. The van der Waals surface area contributed by atoms with Gasteiger partial charge in [-0.1, -0.05) is 54.6 Å². The van der Waals surface area contributed by atoms with Crippen LogP contribution in [0.4, 0.5) is 0 Å². The molecule has 23 nitrogen and oxygen atoms in total. The molecule has 388 valence electrons. The lowest BCUT2D eigenvalue weighted by Crippen LogP contribution is -2.61. The SMILES string of the molecule is C[C@@H](NC(=O)[C@H](Cc1ccc(O)cc1)NC(=O)[C@H](CCCN=C(N)N)NC(=O)[C@H](Cc1ccc2ccccc2c1)NC(=O)[C@@H]1CCCCN1C(=O)[C@@H](CC(=O)O)NC(=O)CN(C)C(=O)[C@@H]1CCCN1)C(=O)O. The van der Waals surface area contributed by atoms with Crippen LogP contribution in [0.1, 0.15) is 69.4 Å². The molecule has 3 aromatic carbocycles. The molecule has 23 heteroatoms. The predicted molar refractivity (Wildman–Crippen MR) is 263 cm³/mol. The zero-order chi connectivity index (χ0) is 52.5. The molecule has 0 aliphatic carbocycles. The number of likely N-dealkylation sites (N-methyl/N-ethyl adjacent to an activating group) is 1. The molecule has 2 saturated heterocycles. The summed E-state index contributed by atoms with van der Waals surface area (Å²) in [5, 5.41) is 46.9. The van der Waals surface area contributed by atoms with Crippen LogP contribution in [-0.4, -0.2) is 160 Å². The second kappa shape index (κ2) is 26.4. The maximum Gasteiger partial charge on any atom is 0.325 e. The number of likely N-dealkylation sites (tertiary alicyclic amines) is 1. The Bertz CT molecular complexity index is 2480. The number of aliphatic carboxylic acids is 2. The first-order chi connectivity index (χ1) is 34.3. The maximum absolute atomic E-state index is 14.7. The van der Waals surface area contributed by atoms with Crippen molar-refractivity contribution < 1.29 is 58.5 Å². The second-order valence-electron chi connectivity index (χ2n) is 18.1. The Morgan fingerprint density at radius 3 is 2.07 bits per heavy atom. The van der Waals surface area contributed by atoms with Gasteiger partial charge in [0.1, 0.15) is 42.0 Å². The number of phenolic OH excluding ortho intramolecular Hbond substituents is 1. The number of hydrogen-bond donors (Lipinski definition) is 11. The number of nitrogens with one attached hydrogen (secondary N) is 6. The molecule has 2 aliphatic rings. The van der Waals surface area contributed by atoms with Gasteiger partial charge in [-0.15, -0.1) is 0 Å². The van der Waals surface area contributed by atoms with E-state index < -0.39 is 103 Å². The molecule has 13 N–H and O–H groups in total. The number of aliphatic imine (C=N–C) groups is 1. The van der Waals surface area contributed by atoms with Crippen LogP contribution in [-0.2, 0) is 56.0 Å². The van der Waals surface area contributed by atoms with Gasteiger partial charge in [-0.3, -0.25) is 48.1 Å². The predicted octanol–water partition coefficient (Wildman–Crippen LogP) is -1.02. The lowest BCUT2D eigenvalue weighted by Gasteiger charge is -2.37. The Balaban J connectivity index is 1.41. The summed E-state index contributed by atoms with van der Waals surface area (Å²) in [7, 11) is 1.42. The third kappa shape index (κ3) is 16.4. The molecule has 2 heterocycles. The molecule has 2 fully saturated rings. The number of piperidine rings is 1. The molecular formula is C49H65N11O12. The number of nitrogens with zero attached hydrogens (tertiary/aromatic N) is 3. The minimum Gasteiger partial charge on any atom is -0.508 e. The van der Waals surface area contributed by atoms with Crippen LogP contribution >= 0.6 is 0 Å². The van der Waals surface area contributed by atoms with Crippen molar-refractivity contribution in [2.45, 2.75) is 113 Å². The van der Waals surface area contributed by atoms with Crippen molar-refractivity contribution in [1.29, 1.82) is 0 Å². The lowest BCUT2D eigenvalue weighted by molar-refractivity contribution is -0.149. The zero-order valence-electron chi connectivity index (χ0n) is 40.3. The number of phenols is 1. The maximum atomic E-state index is 14.7. The van der Waals surface area contributed by atoms with Crippen molar-refractivity contribution in [3.05, 3.63) is 77.9 Å². The summed E-state index contributed by atoms with van der Waals surface area (Å²) in [5.41, 5.74) is 12.2. The molecule has 0 aromatic heterocycles.